The highest BCUT2D eigenvalue weighted by atomic mass is 16.5. The fourth-order valence-electron chi connectivity index (χ4n) is 2.72. The fraction of sp³-hybridized carbons (Fsp3) is 0.182. The maximum absolute atomic E-state index is 12.5. The van der Waals surface area contributed by atoms with Crippen molar-refractivity contribution in [3.05, 3.63) is 72.3 Å². The molecule has 0 saturated heterocycles. The molecule has 3 aromatic carbocycles. The Labute approximate surface area is 157 Å². The maximum atomic E-state index is 12.5. The highest BCUT2D eigenvalue weighted by molar-refractivity contribution is 5.97. The van der Waals surface area contributed by atoms with E-state index in [0.29, 0.717) is 23.6 Å². The minimum atomic E-state index is -0.706. The fourth-order valence-corrected chi connectivity index (χ4v) is 2.72. The van der Waals surface area contributed by atoms with Crippen LogP contribution in [0.4, 0.5) is 5.69 Å². The van der Waals surface area contributed by atoms with Gasteiger partial charge in [0.05, 0.1) is 12.2 Å². The van der Waals surface area contributed by atoms with Gasteiger partial charge >= 0.3 is 5.97 Å². The Morgan fingerprint density at radius 1 is 1.00 bits per heavy atom. The molecule has 1 atom stereocenters. The van der Waals surface area contributed by atoms with Crippen LogP contribution in [0.1, 0.15) is 24.2 Å². The van der Waals surface area contributed by atoms with E-state index in [1.807, 2.05) is 42.5 Å². The lowest BCUT2D eigenvalue weighted by molar-refractivity contribution is -0.122. The average Bonchev–Trinajstić information content (AvgIpc) is 2.68. The second-order valence-electron chi connectivity index (χ2n) is 6.03. The Kier molecular flexibility index (Phi) is 5.71. The van der Waals surface area contributed by atoms with Crippen LogP contribution in [0.3, 0.4) is 0 Å². The molecule has 5 heteroatoms. The minimum Gasteiger partial charge on any atom is -0.480 e. The van der Waals surface area contributed by atoms with Gasteiger partial charge in [-0.2, -0.15) is 0 Å². The first kappa shape index (κ1) is 18.5. The molecule has 0 radical (unpaired) electrons. The lowest BCUT2D eigenvalue weighted by Gasteiger charge is -2.16. The van der Waals surface area contributed by atoms with Crippen LogP contribution < -0.4 is 10.1 Å². The molecule has 0 bridgehead atoms. The summed E-state index contributed by atoms with van der Waals surface area (Å²) in [7, 11) is 0. The number of fused-ring (bicyclic) bond motifs is 1. The first-order chi connectivity index (χ1) is 13.1. The summed E-state index contributed by atoms with van der Waals surface area (Å²) in [5.74, 6) is -0.0754. The molecule has 3 rings (SSSR count). The van der Waals surface area contributed by atoms with Crippen LogP contribution in [0.2, 0.25) is 0 Å². The second-order valence-corrected chi connectivity index (χ2v) is 6.03. The number of hydrogen-bond donors (Lipinski definition) is 1. The Bertz CT molecular complexity index is 962. The van der Waals surface area contributed by atoms with Crippen molar-refractivity contribution >= 4 is 28.3 Å². The van der Waals surface area contributed by atoms with Gasteiger partial charge in [-0.05, 0) is 43.5 Å². The molecular formula is C22H21NO4. The summed E-state index contributed by atoms with van der Waals surface area (Å²) < 4.78 is 10.9. The third-order valence-electron chi connectivity index (χ3n) is 4.06. The van der Waals surface area contributed by atoms with Gasteiger partial charge in [0.25, 0.3) is 5.91 Å². The zero-order valence-electron chi connectivity index (χ0n) is 15.3. The van der Waals surface area contributed by atoms with Crippen molar-refractivity contribution in [2.45, 2.75) is 20.0 Å². The first-order valence-corrected chi connectivity index (χ1v) is 8.81. The molecule has 0 unspecified atom stereocenters. The SMILES string of the molecule is CCOC(=O)c1cccc(NC(=O)[C@H](C)Oc2cccc3ccccc23)c1. The molecular weight excluding hydrogens is 342 g/mol. The van der Waals surface area contributed by atoms with E-state index < -0.39 is 12.1 Å². The van der Waals surface area contributed by atoms with E-state index in [9.17, 15) is 9.59 Å². The maximum Gasteiger partial charge on any atom is 0.338 e. The number of ether oxygens (including phenoxy) is 2. The van der Waals surface area contributed by atoms with Gasteiger partial charge in [0, 0.05) is 11.1 Å². The van der Waals surface area contributed by atoms with Gasteiger partial charge in [0.2, 0.25) is 0 Å². The molecule has 0 spiro atoms. The van der Waals surface area contributed by atoms with Crippen molar-refractivity contribution in [2.24, 2.45) is 0 Å². The van der Waals surface area contributed by atoms with E-state index in [-0.39, 0.29) is 5.91 Å². The molecule has 138 valence electrons. The van der Waals surface area contributed by atoms with Gasteiger partial charge in [-0.1, -0.05) is 42.5 Å². The smallest absolute Gasteiger partial charge is 0.338 e. The molecule has 0 saturated carbocycles. The van der Waals surface area contributed by atoms with Gasteiger partial charge in [0.1, 0.15) is 5.75 Å². The Morgan fingerprint density at radius 3 is 2.56 bits per heavy atom. The Balaban J connectivity index is 1.71. The van der Waals surface area contributed by atoms with Crippen LogP contribution in [0.5, 0.6) is 5.75 Å². The predicted octanol–water partition coefficient (Wildman–Crippen LogP) is 4.42. The number of carbonyl (C=O) groups excluding carboxylic acids is 2. The molecule has 0 aliphatic heterocycles. The van der Waals surface area contributed by atoms with Crippen molar-refractivity contribution < 1.29 is 19.1 Å². The van der Waals surface area contributed by atoms with Crippen LogP contribution in [0.15, 0.2) is 66.7 Å². The van der Waals surface area contributed by atoms with Crippen LogP contribution in [0.25, 0.3) is 10.8 Å². The lowest BCUT2D eigenvalue weighted by Crippen LogP contribution is -2.30. The molecule has 0 aliphatic carbocycles. The van der Waals surface area contributed by atoms with E-state index in [1.54, 1.807) is 38.1 Å². The standard InChI is InChI=1S/C22H21NO4/c1-3-26-22(25)17-10-6-11-18(14-17)23-21(24)15(2)27-20-13-7-9-16-8-4-5-12-19(16)20/h4-15H,3H2,1-2H3,(H,23,24)/t15-/m0/s1. The highest BCUT2D eigenvalue weighted by Gasteiger charge is 2.17. The number of benzene rings is 3. The van der Waals surface area contributed by atoms with Crippen molar-refractivity contribution in [3.8, 4) is 5.75 Å². The number of amides is 1. The summed E-state index contributed by atoms with van der Waals surface area (Å²) in [5, 5.41) is 4.77. The van der Waals surface area contributed by atoms with E-state index in [1.165, 1.54) is 0 Å². The number of carbonyl (C=O) groups is 2. The van der Waals surface area contributed by atoms with Crippen LogP contribution in [0, 0.1) is 0 Å². The van der Waals surface area contributed by atoms with Crippen LogP contribution in [-0.4, -0.2) is 24.6 Å². The average molecular weight is 363 g/mol. The third-order valence-corrected chi connectivity index (χ3v) is 4.06. The molecule has 0 aliphatic rings. The van der Waals surface area contributed by atoms with Gasteiger partial charge in [-0.25, -0.2) is 4.79 Å². The van der Waals surface area contributed by atoms with Crippen LogP contribution in [-0.2, 0) is 9.53 Å². The van der Waals surface area contributed by atoms with Gasteiger partial charge in [-0.15, -0.1) is 0 Å². The summed E-state index contributed by atoms with van der Waals surface area (Å²) in [6.45, 7) is 3.73. The normalized spacial score (nSPS) is 11.6. The number of anilines is 1. The van der Waals surface area contributed by atoms with Crippen molar-refractivity contribution in [3.63, 3.8) is 0 Å². The number of hydrogen-bond acceptors (Lipinski definition) is 4. The summed E-state index contributed by atoms with van der Waals surface area (Å²) in [5.41, 5.74) is 0.899. The number of nitrogens with one attached hydrogen (secondary N) is 1. The van der Waals surface area contributed by atoms with Gasteiger partial charge in [-0.3, -0.25) is 4.79 Å². The zero-order chi connectivity index (χ0) is 19.2. The second kappa shape index (κ2) is 8.36. The molecule has 27 heavy (non-hydrogen) atoms. The molecule has 5 nitrogen and oxygen atoms in total. The summed E-state index contributed by atoms with van der Waals surface area (Å²) in [6, 6.07) is 20.2. The molecule has 3 aromatic rings. The monoisotopic (exact) mass is 363 g/mol. The largest absolute Gasteiger partial charge is 0.480 e. The zero-order valence-corrected chi connectivity index (χ0v) is 15.3. The van der Waals surface area contributed by atoms with E-state index in [0.717, 1.165) is 10.8 Å². The van der Waals surface area contributed by atoms with Gasteiger partial charge in [0.15, 0.2) is 6.10 Å². The summed E-state index contributed by atoms with van der Waals surface area (Å²) >= 11 is 0. The van der Waals surface area contributed by atoms with Crippen molar-refractivity contribution in [2.75, 3.05) is 11.9 Å². The molecule has 0 heterocycles. The van der Waals surface area contributed by atoms with Crippen LogP contribution >= 0.6 is 0 Å². The minimum absolute atomic E-state index is 0.297. The van der Waals surface area contributed by atoms with Crippen molar-refractivity contribution in [1.82, 2.24) is 0 Å². The predicted molar refractivity (Wildman–Crippen MR) is 105 cm³/mol. The summed E-state index contributed by atoms with van der Waals surface area (Å²) in [4.78, 5) is 24.3. The third kappa shape index (κ3) is 4.44. The highest BCUT2D eigenvalue weighted by Crippen LogP contribution is 2.26. The molecule has 0 aromatic heterocycles. The van der Waals surface area contributed by atoms with E-state index >= 15 is 0 Å². The molecule has 0 fully saturated rings. The summed E-state index contributed by atoms with van der Waals surface area (Å²) in [6.07, 6.45) is -0.706. The Hall–Kier alpha value is -3.34. The Morgan fingerprint density at radius 2 is 1.74 bits per heavy atom. The topological polar surface area (TPSA) is 64.6 Å². The van der Waals surface area contributed by atoms with Crippen molar-refractivity contribution in [1.29, 1.82) is 0 Å². The first-order valence-electron chi connectivity index (χ1n) is 8.81. The van der Waals surface area contributed by atoms with E-state index in [2.05, 4.69) is 5.32 Å². The van der Waals surface area contributed by atoms with E-state index in [4.69, 9.17) is 9.47 Å². The molecule has 1 N–H and O–H groups in total. The number of esters is 1. The van der Waals surface area contributed by atoms with Gasteiger partial charge < -0.3 is 14.8 Å². The lowest BCUT2D eigenvalue weighted by atomic mass is 10.1. The quantitative estimate of drug-likeness (QED) is 0.658. The molecule has 1 amide bonds. The number of rotatable bonds is 6.